The van der Waals surface area contributed by atoms with E-state index in [4.69, 9.17) is 9.16 Å². The van der Waals surface area contributed by atoms with E-state index in [0.29, 0.717) is 12.2 Å². The molecule has 1 saturated heterocycles. The summed E-state index contributed by atoms with van der Waals surface area (Å²) in [4.78, 5) is 28.9. The normalized spacial score (nSPS) is 18.1. The van der Waals surface area contributed by atoms with Crippen LogP contribution in [-0.4, -0.2) is 49.4 Å². The van der Waals surface area contributed by atoms with Gasteiger partial charge in [-0.25, -0.2) is 4.79 Å². The molecule has 2 atom stereocenters. The molecule has 1 aliphatic heterocycles. The highest BCUT2D eigenvalue weighted by molar-refractivity contribution is 6.99. The standard InChI is InChI=1S/C35H45NO4Si/c1-34(2,3)40-33(38)36-28(25-32(37)27-17-10-7-11-18-27)19-16-20-29(36)26-39-41(35(4,5)6,30-21-12-8-13-22-30)31-23-14-9-15-24-31/h7-15,17-18,21-24,28-29H,16,19-20,25-26H2,1-6H3/t28-,29+/m1/s1. The van der Waals surface area contributed by atoms with Crippen molar-refractivity contribution in [1.82, 2.24) is 4.90 Å². The second-order valence-corrected chi connectivity index (χ2v) is 17.4. The summed E-state index contributed by atoms with van der Waals surface area (Å²) >= 11 is 0. The van der Waals surface area contributed by atoms with Gasteiger partial charge in [0.25, 0.3) is 8.32 Å². The summed E-state index contributed by atoms with van der Waals surface area (Å²) in [5, 5.41) is 2.23. The molecule has 6 heteroatoms. The molecule has 5 nitrogen and oxygen atoms in total. The minimum Gasteiger partial charge on any atom is -0.444 e. The lowest BCUT2D eigenvalue weighted by Crippen LogP contribution is -2.67. The third-order valence-corrected chi connectivity index (χ3v) is 12.9. The molecule has 0 aromatic heterocycles. The number of rotatable bonds is 8. The fourth-order valence-electron chi connectivity index (χ4n) is 6.08. The molecule has 1 aliphatic rings. The zero-order valence-electron chi connectivity index (χ0n) is 25.4. The Labute approximate surface area is 247 Å². The molecule has 0 spiro atoms. The van der Waals surface area contributed by atoms with Gasteiger partial charge in [0.2, 0.25) is 0 Å². The second-order valence-electron chi connectivity index (χ2n) is 13.1. The van der Waals surface area contributed by atoms with Gasteiger partial charge in [0.05, 0.1) is 12.6 Å². The van der Waals surface area contributed by atoms with Gasteiger partial charge >= 0.3 is 6.09 Å². The summed E-state index contributed by atoms with van der Waals surface area (Å²) in [7, 11) is -2.80. The Balaban J connectivity index is 1.69. The van der Waals surface area contributed by atoms with Gasteiger partial charge in [0.1, 0.15) is 5.60 Å². The van der Waals surface area contributed by atoms with Crippen LogP contribution in [-0.2, 0) is 9.16 Å². The van der Waals surface area contributed by atoms with Crippen LogP contribution in [0.4, 0.5) is 4.79 Å². The number of Topliss-reactive ketones (excluding diaryl/α,β-unsaturated/α-hetero) is 1. The molecule has 41 heavy (non-hydrogen) atoms. The molecule has 1 amide bonds. The maximum absolute atomic E-state index is 13.8. The number of amides is 1. The molecular formula is C35H45NO4Si. The van der Waals surface area contributed by atoms with E-state index in [9.17, 15) is 9.59 Å². The fourth-order valence-corrected chi connectivity index (χ4v) is 10.7. The summed E-state index contributed by atoms with van der Waals surface area (Å²) < 4.78 is 13.2. The van der Waals surface area contributed by atoms with E-state index < -0.39 is 13.9 Å². The van der Waals surface area contributed by atoms with Crippen LogP contribution < -0.4 is 10.4 Å². The van der Waals surface area contributed by atoms with Crippen molar-refractivity contribution in [3.05, 3.63) is 96.6 Å². The van der Waals surface area contributed by atoms with E-state index in [1.165, 1.54) is 10.4 Å². The van der Waals surface area contributed by atoms with Crippen LogP contribution in [0.3, 0.4) is 0 Å². The minimum atomic E-state index is -2.80. The van der Waals surface area contributed by atoms with E-state index in [2.05, 4.69) is 69.3 Å². The number of benzene rings is 3. The van der Waals surface area contributed by atoms with Gasteiger partial charge < -0.3 is 9.16 Å². The molecule has 0 radical (unpaired) electrons. The van der Waals surface area contributed by atoms with Crippen molar-refractivity contribution in [3.8, 4) is 0 Å². The Hall–Kier alpha value is -3.22. The van der Waals surface area contributed by atoms with Crippen LogP contribution >= 0.6 is 0 Å². The van der Waals surface area contributed by atoms with Gasteiger partial charge in [-0.1, -0.05) is 112 Å². The van der Waals surface area contributed by atoms with Gasteiger partial charge in [-0.2, -0.15) is 0 Å². The van der Waals surface area contributed by atoms with E-state index in [1.807, 2.05) is 68.1 Å². The number of carbonyl (C=O) groups excluding carboxylic acids is 2. The molecule has 1 heterocycles. The molecule has 3 aromatic rings. The molecule has 0 N–H and O–H groups in total. The summed E-state index contributed by atoms with van der Waals surface area (Å²) in [6, 6.07) is 30.0. The zero-order chi connectivity index (χ0) is 29.7. The molecule has 0 unspecified atom stereocenters. The summed E-state index contributed by atoms with van der Waals surface area (Å²) in [5.74, 6) is 0.0395. The SMILES string of the molecule is CC(C)(C)OC(=O)N1[C@@H](CC(=O)c2ccccc2)CCC[C@H]1CO[Si](c1ccccc1)(c1ccccc1)C(C)(C)C. The first kappa shape index (κ1) is 30.7. The van der Waals surface area contributed by atoms with E-state index in [0.717, 1.165) is 19.3 Å². The van der Waals surface area contributed by atoms with Crippen molar-refractivity contribution in [1.29, 1.82) is 0 Å². The number of likely N-dealkylation sites (tertiary alicyclic amines) is 1. The molecule has 0 saturated carbocycles. The monoisotopic (exact) mass is 571 g/mol. The lowest BCUT2D eigenvalue weighted by Gasteiger charge is -2.47. The molecular weight excluding hydrogens is 526 g/mol. The molecule has 0 bridgehead atoms. The van der Waals surface area contributed by atoms with E-state index >= 15 is 0 Å². The highest BCUT2D eigenvalue weighted by atomic mass is 28.4. The van der Waals surface area contributed by atoms with Gasteiger partial charge in [-0.3, -0.25) is 9.69 Å². The van der Waals surface area contributed by atoms with Gasteiger partial charge in [-0.15, -0.1) is 0 Å². The number of ketones is 1. The van der Waals surface area contributed by atoms with Crippen LogP contribution in [0.25, 0.3) is 0 Å². The van der Waals surface area contributed by atoms with Crippen LogP contribution in [0.2, 0.25) is 5.04 Å². The van der Waals surface area contributed by atoms with Crippen molar-refractivity contribution in [2.75, 3.05) is 6.61 Å². The Kier molecular flexibility index (Phi) is 9.55. The maximum atomic E-state index is 13.8. The Morgan fingerprint density at radius 3 is 1.73 bits per heavy atom. The highest BCUT2D eigenvalue weighted by Crippen LogP contribution is 2.38. The zero-order valence-corrected chi connectivity index (χ0v) is 26.4. The van der Waals surface area contributed by atoms with Crippen molar-refractivity contribution < 1.29 is 18.8 Å². The van der Waals surface area contributed by atoms with Crippen LogP contribution in [0.5, 0.6) is 0 Å². The topological polar surface area (TPSA) is 55.8 Å². The lowest BCUT2D eigenvalue weighted by atomic mass is 9.91. The summed E-state index contributed by atoms with van der Waals surface area (Å²) in [6.07, 6.45) is 2.36. The smallest absolute Gasteiger partial charge is 0.410 e. The number of ether oxygens (including phenoxy) is 1. The molecule has 0 aliphatic carbocycles. The van der Waals surface area contributed by atoms with Crippen molar-refractivity contribution in [2.45, 2.75) is 89.9 Å². The van der Waals surface area contributed by atoms with Crippen LogP contribution in [0.1, 0.15) is 77.6 Å². The Bertz CT molecular complexity index is 1240. The van der Waals surface area contributed by atoms with Gasteiger partial charge in [0, 0.05) is 18.0 Å². The second kappa shape index (κ2) is 12.7. The first-order valence-electron chi connectivity index (χ1n) is 14.8. The van der Waals surface area contributed by atoms with Crippen molar-refractivity contribution in [3.63, 3.8) is 0 Å². The number of hydrogen-bond acceptors (Lipinski definition) is 4. The largest absolute Gasteiger partial charge is 0.444 e. The van der Waals surface area contributed by atoms with E-state index in [-0.39, 0.29) is 35.4 Å². The number of carbonyl (C=O) groups is 2. The van der Waals surface area contributed by atoms with E-state index in [1.54, 1.807) is 0 Å². The average molecular weight is 572 g/mol. The molecule has 3 aromatic carbocycles. The minimum absolute atomic E-state index is 0.0395. The molecule has 1 fully saturated rings. The Morgan fingerprint density at radius 2 is 1.24 bits per heavy atom. The first-order chi connectivity index (χ1) is 19.4. The predicted molar refractivity (Wildman–Crippen MR) is 168 cm³/mol. The third-order valence-electron chi connectivity index (χ3n) is 7.89. The lowest BCUT2D eigenvalue weighted by molar-refractivity contribution is -0.0139. The van der Waals surface area contributed by atoms with Crippen molar-refractivity contribution in [2.24, 2.45) is 0 Å². The average Bonchev–Trinajstić information content (AvgIpc) is 2.93. The maximum Gasteiger partial charge on any atom is 0.410 e. The van der Waals surface area contributed by atoms with Crippen molar-refractivity contribution >= 4 is 30.6 Å². The molecule has 4 rings (SSSR count). The highest BCUT2D eigenvalue weighted by Gasteiger charge is 2.51. The molecule has 218 valence electrons. The fraction of sp³-hybridized carbons (Fsp3) is 0.429. The number of piperidine rings is 1. The Morgan fingerprint density at radius 1 is 0.756 bits per heavy atom. The predicted octanol–water partition coefficient (Wildman–Crippen LogP) is 6.99. The first-order valence-corrected chi connectivity index (χ1v) is 16.7. The number of hydrogen-bond donors (Lipinski definition) is 0. The summed E-state index contributed by atoms with van der Waals surface area (Å²) in [6.45, 7) is 12.8. The van der Waals surface area contributed by atoms with Crippen LogP contribution in [0, 0.1) is 0 Å². The van der Waals surface area contributed by atoms with Crippen LogP contribution in [0.15, 0.2) is 91.0 Å². The third kappa shape index (κ3) is 7.17. The number of nitrogens with zero attached hydrogens (tertiary/aromatic N) is 1. The van der Waals surface area contributed by atoms with Gasteiger partial charge in [-0.05, 0) is 55.4 Å². The summed E-state index contributed by atoms with van der Waals surface area (Å²) in [5.41, 5.74) is 0.0219. The quantitative estimate of drug-likeness (QED) is 0.216. The van der Waals surface area contributed by atoms with Gasteiger partial charge in [0.15, 0.2) is 5.78 Å².